The number of rotatable bonds is 4. The first-order valence-corrected chi connectivity index (χ1v) is 7.09. The summed E-state index contributed by atoms with van der Waals surface area (Å²) in [5.41, 5.74) is 1.53. The van der Waals surface area contributed by atoms with Crippen LogP contribution in [0.4, 0.5) is 0 Å². The largest absolute Gasteiger partial charge is 0.387 e. The molecule has 3 nitrogen and oxygen atoms in total. The Morgan fingerprint density at radius 2 is 1.89 bits per heavy atom. The lowest BCUT2D eigenvalue weighted by Gasteiger charge is -2.32. The third kappa shape index (κ3) is 3.79. The first-order valence-electron chi connectivity index (χ1n) is 7.09. The Bertz CT molecular complexity index is 429. The van der Waals surface area contributed by atoms with Crippen molar-refractivity contribution in [3.8, 4) is 6.07 Å². The summed E-state index contributed by atoms with van der Waals surface area (Å²) >= 11 is 0. The molecule has 1 aliphatic rings. The van der Waals surface area contributed by atoms with Crippen LogP contribution in [-0.4, -0.2) is 29.6 Å². The number of likely N-dealkylation sites (N-methyl/N-ethyl adjacent to an activating group) is 1. The minimum absolute atomic E-state index is 0.473. The second-order valence-corrected chi connectivity index (χ2v) is 5.48. The zero-order chi connectivity index (χ0) is 13.7. The van der Waals surface area contributed by atoms with Crippen molar-refractivity contribution in [2.45, 2.75) is 44.2 Å². The fourth-order valence-electron chi connectivity index (χ4n) is 2.83. The number of hydrogen-bond acceptors (Lipinski definition) is 3. The van der Waals surface area contributed by atoms with Gasteiger partial charge in [0.15, 0.2) is 0 Å². The number of nitrogens with zero attached hydrogens (tertiary/aromatic N) is 2. The monoisotopic (exact) mass is 258 g/mol. The molecule has 0 amide bonds. The maximum atomic E-state index is 10.3. The van der Waals surface area contributed by atoms with Crippen molar-refractivity contribution >= 4 is 0 Å². The molecular weight excluding hydrogens is 236 g/mol. The fraction of sp³-hybridized carbons (Fsp3) is 0.562. The van der Waals surface area contributed by atoms with Crippen molar-refractivity contribution in [3.05, 3.63) is 35.4 Å². The van der Waals surface area contributed by atoms with Gasteiger partial charge in [-0.2, -0.15) is 5.26 Å². The highest BCUT2D eigenvalue weighted by atomic mass is 16.3. The predicted octanol–water partition coefficient (Wildman–Crippen LogP) is 2.86. The van der Waals surface area contributed by atoms with Gasteiger partial charge in [-0.3, -0.25) is 0 Å². The average molecular weight is 258 g/mol. The topological polar surface area (TPSA) is 47.3 Å². The summed E-state index contributed by atoms with van der Waals surface area (Å²) in [6.07, 6.45) is 5.99. The molecule has 1 fully saturated rings. The highest BCUT2D eigenvalue weighted by Gasteiger charge is 2.20. The summed E-state index contributed by atoms with van der Waals surface area (Å²) in [6, 6.07) is 9.92. The van der Waals surface area contributed by atoms with Crippen molar-refractivity contribution in [3.63, 3.8) is 0 Å². The molecule has 1 N–H and O–H groups in total. The van der Waals surface area contributed by atoms with Gasteiger partial charge in [0.25, 0.3) is 0 Å². The molecule has 0 aliphatic heterocycles. The number of aliphatic hydroxyl groups excluding tert-OH is 1. The van der Waals surface area contributed by atoms with Crippen molar-refractivity contribution in [1.29, 1.82) is 5.26 Å². The number of hydrogen-bond donors (Lipinski definition) is 1. The molecule has 1 saturated carbocycles. The summed E-state index contributed by atoms with van der Waals surface area (Å²) in [5, 5.41) is 19.0. The molecular formula is C16H22N2O. The highest BCUT2D eigenvalue weighted by molar-refractivity contribution is 5.32. The standard InChI is InChI=1S/C16H22N2O/c1-18(15-5-3-2-4-6-15)12-16(19)14-9-7-13(11-17)8-10-14/h7-10,15-16,19H,2-6,12H2,1H3. The van der Waals surface area contributed by atoms with Crippen molar-refractivity contribution in [1.82, 2.24) is 4.90 Å². The van der Waals surface area contributed by atoms with Gasteiger partial charge in [-0.1, -0.05) is 31.4 Å². The van der Waals surface area contributed by atoms with Crippen LogP contribution in [0.2, 0.25) is 0 Å². The van der Waals surface area contributed by atoms with E-state index in [2.05, 4.69) is 18.0 Å². The maximum Gasteiger partial charge on any atom is 0.0991 e. The Kier molecular flexibility index (Phi) is 4.95. The van der Waals surface area contributed by atoms with E-state index in [1.54, 1.807) is 12.1 Å². The van der Waals surface area contributed by atoms with Crippen LogP contribution in [0, 0.1) is 11.3 Å². The Labute approximate surface area is 115 Å². The fourth-order valence-corrected chi connectivity index (χ4v) is 2.83. The third-order valence-corrected chi connectivity index (χ3v) is 4.08. The van der Waals surface area contributed by atoms with Gasteiger partial charge in [-0.15, -0.1) is 0 Å². The Morgan fingerprint density at radius 3 is 2.47 bits per heavy atom. The van der Waals surface area contributed by atoms with Crippen LogP contribution >= 0.6 is 0 Å². The molecule has 0 bridgehead atoms. The predicted molar refractivity (Wildman–Crippen MR) is 75.6 cm³/mol. The minimum Gasteiger partial charge on any atom is -0.387 e. The van der Waals surface area contributed by atoms with Crippen LogP contribution in [0.25, 0.3) is 0 Å². The van der Waals surface area contributed by atoms with E-state index in [4.69, 9.17) is 5.26 Å². The van der Waals surface area contributed by atoms with E-state index < -0.39 is 6.10 Å². The van der Waals surface area contributed by atoms with E-state index >= 15 is 0 Å². The van der Waals surface area contributed by atoms with Crippen LogP contribution in [0.3, 0.4) is 0 Å². The van der Waals surface area contributed by atoms with Gasteiger partial charge in [0.05, 0.1) is 17.7 Å². The normalized spacial score (nSPS) is 18.2. The van der Waals surface area contributed by atoms with Crippen molar-refractivity contribution < 1.29 is 5.11 Å². The van der Waals surface area contributed by atoms with E-state index in [1.807, 2.05) is 12.1 Å². The molecule has 0 heterocycles. The Morgan fingerprint density at radius 1 is 1.26 bits per heavy atom. The van der Waals surface area contributed by atoms with Crippen molar-refractivity contribution in [2.75, 3.05) is 13.6 Å². The lowest BCUT2D eigenvalue weighted by Crippen LogP contribution is -2.36. The Balaban J connectivity index is 1.91. The third-order valence-electron chi connectivity index (χ3n) is 4.08. The van der Waals surface area contributed by atoms with Crippen LogP contribution in [0.1, 0.15) is 49.3 Å². The van der Waals surface area contributed by atoms with Gasteiger partial charge in [0.2, 0.25) is 0 Å². The van der Waals surface area contributed by atoms with Gasteiger partial charge < -0.3 is 10.0 Å². The molecule has 102 valence electrons. The molecule has 19 heavy (non-hydrogen) atoms. The SMILES string of the molecule is CN(CC(O)c1ccc(C#N)cc1)C1CCCCC1. The molecule has 1 atom stereocenters. The molecule has 1 aromatic carbocycles. The molecule has 3 heteroatoms. The first-order chi connectivity index (χ1) is 9.20. The lowest BCUT2D eigenvalue weighted by atomic mass is 9.94. The van der Waals surface area contributed by atoms with Gasteiger partial charge in [0, 0.05) is 12.6 Å². The summed E-state index contributed by atoms with van der Waals surface area (Å²) < 4.78 is 0. The molecule has 1 aliphatic carbocycles. The second-order valence-electron chi connectivity index (χ2n) is 5.48. The van der Waals surface area contributed by atoms with E-state index in [1.165, 1.54) is 32.1 Å². The highest BCUT2D eigenvalue weighted by Crippen LogP contribution is 2.23. The van der Waals surface area contributed by atoms with Crippen LogP contribution < -0.4 is 0 Å². The van der Waals surface area contributed by atoms with E-state index in [0.29, 0.717) is 18.2 Å². The summed E-state index contributed by atoms with van der Waals surface area (Å²) in [5.74, 6) is 0. The van der Waals surface area contributed by atoms with E-state index in [0.717, 1.165) is 5.56 Å². The number of nitriles is 1. The Hall–Kier alpha value is -1.37. The molecule has 2 rings (SSSR count). The summed E-state index contributed by atoms with van der Waals surface area (Å²) in [7, 11) is 2.10. The molecule has 0 saturated heterocycles. The smallest absolute Gasteiger partial charge is 0.0991 e. The van der Waals surface area contributed by atoms with E-state index in [-0.39, 0.29) is 0 Å². The van der Waals surface area contributed by atoms with Crippen LogP contribution in [0.5, 0.6) is 0 Å². The summed E-state index contributed by atoms with van der Waals surface area (Å²) in [6.45, 7) is 0.663. The van der Waals surface area contributed by atoms with Crippen LogP contribution in [-0.2, 0) is 0 Å². The molecule has 0 aromatic heterocycles. The summed E-state index contributed by atoms with van der Waals surface area (Å²) in [4.78, 5) is 2.28. The quantitative estimate of drug-likeness (QED) is 0.903. The van der Waals surface area contributed by atoms with Gasteiger partial charge >= 0.3 is 0 Å². The van der Waals surface area contributed by atoms with Gasteiger partial charge in [-0.05, 0) is 37.6 Å². The van der Waals surface area contributed by atoms with E-state index in [9.17, 15) is 5.11 Å². The van der Waals surface area contributed by atoms with Crippen molar-refractivity contribution in [2.24, 2.45) is 0 Å². The van der Waals surface area contributed by atoms with Gasteiger partial charge in [0.1, 0.15) is 0 Å². The molecule has 0 radical (unpaired) electrons. The molecule has 1 aromatic rings. The zero-order valence-corrected chi connectivity index (χ0v) is 11.5. The van der Waals surface area contributed by atoms with Crippen LogP contribution in [0.15, 0.2) is 24.3 Å². The zero-order valence-electron chi connectivity index (χ0n) is 11.5. The minimum atomic E-state index is -0.473. The molecule has 0 spiro atoms. The molecule has 1 unspecified atom stereocenters. The maximum absolute atomic E-state index is 10.3. The average Bonchev–Trinajstić information content (AvgIpc) is 2.48. The number of aliphatic hydroxyl groups is 1. The number of benzene rings is 1. The first kappa shape index (κ1) is 14.0. The van der Waals surface area contributed by atoms with Gasteiger partial charge in [-0.25, -0.2) is 0 Å². The lowest BCUT2D eigenvalue weighted by molar-refractivity contribution is 0.0914. The second kappa shape index (κ2) is 6.70.